The summed E-state index contributed by atoms with van der Waals surface area (Å²) in [6, 6.07) is 6.71. The van der Waals surface area contributed by atoms with Gasteiger partial charge in [0.25, 0.3) is 0 Å². The molecule has 1 aliphatic rings. The van der Waals surface area contributed by atoms with Gasteiger partial charge in [-0.25, -0.2) is 4.39 Å². The van der Waals surface area contributed by atoms with Gasteiger partial charge in [0, 0.05) is 6.54 Å². The molecule has 0 amide bonds. The third-order valence-corrected chi connectivity index (χ3v) is 3.43. The first-order valence-corrected chi connectivity index (χ1v) is 6.24. The average molecular weight is 282 g/mol. The number of hydrogen-bond donors (Lipinski definition) is 1. The van der Waals surface area contributed by atoms with Crippen molar-refractivity contribution in [2.75, 3.05) is 6.54 Å². The van der Waals surface area contributed by atoms with Crippen molar-refractivity contribution in [2.24, 2.45) is 0 Å². The number of halogens is 2. The predicted octanol–water partition coefficient (Wildman–Crippen LogP) is 2.45. The molecule has 0 unspecified atom stereocenters. The lowest BCUT2D eigenvalue weighted by Crippen LogP contribution is -2.25. The number of fused-ring (bicyclic) bond motifs is 1. The Balaban J connectivity index is 0.00000133. The standard InChI is InChI=1S/C14H16FN3.ClH/c1-10-13-5-6-16-8-14(13)18(17-10)9-11-3-2-4-12(15)7-11;/h2-4,7,16H,5-6,8-9H2,1H3;1H. The van der Waals surface area contributed by atoms with E-state index in [-0.39, 0.29) is 18.2 Å². The highest BCUT2D eigenvalue weighted by molar-refractivity contribution is 5.85. The van der Waals surface area contributed by atoms with Crippen molar-refractivity contribution in [2.45, 2.75) is 26.4 Å². The van der Waals surface area contributed by atoms with E-state index in [1.54, 1.807) is 12.1 Å². The first-order chi connectivity index (χ1) is 8.74. The molecule has 0 fully saturated rings. The van der Waals surface area contributed by atoms with E-state index in [0.29, 0.717) is 6.54 Å². The summed E-state index contributed by atoms with van der Waals surface area (Å²) in [4.78, 5) is 0. The van der Waals surface area contributed by atoms with Crippen LogP contribution in [0.5, 0.6) is 0 Å². The van der Waals surface area contributed by atoms with Gasteiger partial charge in [0.1, 0.15) is 5.82 Å². The van der Waals surface area contributed by atoms with Crippen molar-refractivity contribution >= 4 is 12.4 Å². The Labute approximate surface area is 118 Å². The van der Waals surface area contributed by atoms with Crippen LogP contribution in [0.25, 0.3) is 0 Å². The van der Waals surface area contributed by atoms with E-state index >= 15 is 0 Å². The minimum absolute atomic E-state index is 0. The largest absolute Gasteiger partial charge is 0.311 e. The van der Waals surface area contributed by atoms with Crippen molar-refractivity contribution in [3.63, 3.8) is 0 Å². The number of nitrogens with one attached hydrogen (secondary N) is 1. The summed E-state index contributed by atoms with van der Waals surface area (Å²) in [6.07, 6.45) is 1.03. The normalized spacial score (nSPS) is 13.8. The minimum Gasteiger partial charge on any atom is -0.311 e. The van der Waals surface area contributed by atoms with Crippen molar-refractivity contribution in [3.8, 4) is 0 Å². The molecule has 0 radical (unpaired) electrons. The van der Waals surface area contributed by atoms with E-state index in [9.17, 15) is 4.39 Å². The van der Waals surface area contributed by atoms with Gasteiger partial charge in [0.15, 0.2) is 0 Å². The molecule has 0 atom stereocenters. The summed E-state index contributed by atoms with van der Waals surface area (Å²) in [5, 5.41) is 7.93. The fourth-order valence-corrected chi connectivity index (χ4v) is 2.55. The quantitative estimate of drug-likeness (QED) is 0.916. The number of rotatable bonds is 2. The Kier molecular flexibility index (Phi) is 4.22. The fraction of sp³-hybridized carbons (Fsp3) is 0.357. The summed E-state index contributed by atoms with van der Waals surface area (Å²) in [6.45, 7) is 4.55. The van der Waals surface area contributed by atoms with Gasteiger partial charge in [-0.05, 0) is 43.1 Å². The number of aromatic nitrogens is 2. The van der Waals surface area contributed by atoms with Crippen LogP contribution >= 0.6 is 12.4 Å². The highest BCUT2D eigenvalue weighted by Gasteiger charge is 2.18. The van der Waals surface area contributed by atoms with Gasteiger partial charge in [0.2, 0.25) is 0 Å². The van der Waals surface area contributed by atoms with Gasteiger partial charge in [-0.2, -0.15) is 5.10 Å². The van der Waals surface area contributed by atoms with Crippen LogP contribution in [0.2, 0.25) is 0 Å². The zero-order valence-electron chi connectivity index (χ0n) is 10.8. The molecule has 3 rings (SSSR count). The van der Waals surface area contributed by atoms with Crippen LogP contribution in [0.4, 0.5) is 4.39 Å². The third kappa shape index (κ3) is 2.80. The molecule has 19 heavy (non-hydrogen) atoms. The Morgan fingerprint density at radius 2 is 2.26 bits per heavy atom. The van der Waals surface area contributed by atoms with Gasteiger partial charge in [-0.15, -0.1) is 12.4 Å². The number of nitrogens with zero attached hydrogens (tertiary/aromatic N) is 2. The maximum Gasteiger partial charge on any atom is 0.123 e. The number of aryl methyl sites for hydroxylation is 1. The van der Waals surface area contributed by atoms with E-state index in [2.05, 4.69) is 10.4 Å². The predicted molar refractivity (Wildman–Crippen MR) is 75.1 cm³/mol. The first kappa shape index (κ1) is 14.0. The Hall–Kier alpha value is -1.39. The minimum atomic E-state index is -0.191. The van der Waals surface area contributed by atoms with Crippen molar-refractivity contribution in [1.82, 2.24) is 15.1 Å². The Morgan fingerprint density at radius 1 is 1.42 bits per heavy atom. The molecule has 2 aromatic rings. The van der Waals surface area contributed by atoms with Crippen LogP contribution in [0.1, 0.15) is 22.5 Å². The zero-order valence-corrected chi connectivity index (χ0v) is 11.6. The molecule has 102 valence electrons. The zero-order chi connectivity index (χ0) is 12.5. The van der Waals surface area contributed by atoms with Gasteiger partial charge in [-0.1, -0.05) is 12.1 Å². The molecule has 3 nitrogen and oxygen atoms in total. The van der Waals surface area contributed by atoms with Crippen molar-refractivity contribution in [3.05, 3.63) is 52.6 Å². The molecule has 1 N–H and O–H groups in total. The average Bonchev–Trinajstić information content (AvgIpc) is 2.67. The molecule has 0 saturated heterocycles. The van der Waals surface area contributed by atoms with Crippen LogP contribution in [-0.2, 0) is 19.5 Å². The lowest BCUT2D eigenvalue weighted by atomic mass is 10.1. The third-order valence-electron chi connectivity index (χ3n) is 3.43. The molecule has 5 heteroatoms. The highest BCUT2D eigenvalue weighted by atomic mass is 35.5. The Bertz CT molecular complexity index is 580. The summed E-state index contributed by atoms with van der Waals surface area (Å²) in [5.41, 5.74) is 4.64. The molecule has 1 aromatic heterocycles. The van der Waals surface area contributed by atoms with Crippen LogP contribution < -0.4 is 5.32 Å². The van der Waals surface area contributed by atoms with Gasteiger partial charge >= 0.3 is 0 Å². The van der Waals surface area contributed by atoms with Crippen molar-refractivity contribution in [1.29, 1.82) is 0 Å². The number of hydrogen-bond acceptors (Lipinski definition) is 2. The van der Waals surface area contributed by atoms with E-state index in [0.717, 1.165) is 30.8 Å². The van der Waals surface area contributed by atoms with E-state index in [1.807, 2.05) is 17.7 Å². The molecule has 0 bridgehead atoms. The summed E-state index contributed by atoms with van der Waals surface area (Å²) >= 11 is 0. The lowest BCUT2D eigenvalue weighted by molar-refractivity contribution is 0.567. The second-order valence-corrected chi connectivity index (χ2v) is 4.73. The molecule has 1 aliphatic heterocycles. The number of benzene rings is 1. The summed E-state index contributed by atoms with van der Waals surface area (Å²) in [5.74, 6) is -0.191. The fourth-order valence-electron chi connectivity index (χ4n) is 2.55. The maximum absolute atomic E-state index is 13.2. The lowest BCUT2D eigenvalue weighted by Gasteiger charge is -2.15. The van der Waals surface area contributed by atoms with Crippen molar-refractivity contribution < 1.29 is 4.39 Å². The summed E-state index contributed by atoms with van der Waals surface area (Å²) in [7, 11) is 0. The topological polar surface area (TPSA) is 29.9 Å². The van der Waals surface area contributed by atoms with Crippen LogP contribution in [0, 0.1) is 12.7 Å². The van der Waals surface area contributed by atoms with Crippen LogP contribution in [-0.4, -0.2) is 16.3 Å². The maximum atomic E-state index is 13.2. The molecule has 1 aromatic carbocycles. The van der Waals surface area contributed by atoms with E-state index in [4.69, 9.17) is 0 Å². The van der Waals surface area contributed by atoms with E-state index in [1.165, 1.54) is 17.3 Å². The smallest absolute Gasteiger partial charge is 0.123 e. The van der Waals surface area contributed by atoms with Gasteiger partial charge in [-0.3, -0.25) is 4.68 Å². The monoisotopic (exact) mass is 281 g/mol. The molecular weight excluding hydrogens is 265 g/mol. The molecule has 0 aliphatic carbocycles. The second kappa shape index (κ2) is 5.72. The summed E-state index contributed by atoms with van der Waals surface area (Å²) < 4.78 is 15.2. The van der Waals surface area contributed by atoms with Gasteiger partial charge in [0.05, 0.1) is 17.9 Å². The molecule has 0 spiro atoms. The highest BCUT2D eigenvalue weighted by Crippen LogP contribution is 2.19. The Morgan fingerprint density at radius 3 is 3.05 bits per heavy atom. The van der Waals surface area contributed by atoms with Crippen LogP contribution in [0.3, 0.4) is 0 Å². The molecule has 0 saturated carbocycles. The first-order valence-electron chi connectivity index (χ1n) is 6.24. The van der Waals surface area contributed by atoms with Crippen LogP contribution in [0.15, 0.2) is 24.3 Å². The molecular formula is C14H17ClFN3. The van der Waals surface area contributed by atoms with Gasteiger partial charge < -0.3 is 5.32 Å². The SMILES string of the molecule is Cc1nn(Cc2cccc(F)c2)c2c1CCNC2.Cl. The van der Waals surface area contributed by atoms with E-state index < -0.39 is 0 Å². The molecule has 2 heterocycles. The second-order valence-electron chi connectivity index (χ2n) is 4.73.